The first kappa shape index (κ1) is 15.9. The van der Waals surface area contributed by atoms with Gasteiger partial charge in [0.2, 0.25) is 0 Å². The van der Waals surface area contributed by atoms with Crippen LogP contribution in [0.15, 0.2) is 28.1 Å². The van der Waals surface area contributed by atoms with Crippen molar-refractivity contribution in [3.05, 3.63) is 55.1 Å². The van der Waals surface area contributed by atoms with Crippen LogP contribution in [0.2, 0.25) is 5.02 Å². The van der Waals surface area contributed by atoms with E-state index in [9.17, 15) is 8.78 Å². The molecule has 0 aliphatic carbocycles. The van der Waals surface area contributed by atoms with Crippen molar-refractivity contribution in [2.45, 2.75) is 19.4 Å². The molecule has 0 saturated carbocycles. The molecule has 1 N–H and O–H groups in total. The van der Waals surface area contributed by atoms with Crippen molar-refractivity contribution in [1.29, 1.82) is 0 Å². The first-order chi connectivity index (χ1) is 9.51. The molecular weight excluding hydrogens is 368 g/mol. The number of thiophene rings is 1. The zero-order valence-electron chi connectivity index (χ0n) is 10.7. The zero-order chi connectivity index (χ0) is 14.7. The number of hydrogen-bond acceptors (Lipinski definition) is 2. The summed E-state index contributed by atoms with van der Waals surface area (Å²) in [5.41, 5.74) is 0.304. The summed E-state index contributed by atoms with van der Waals surface area (Å²) in [5, 5.41) is 4.96. The lowest BCUT2D eigenvalue weighted by Gasteiger charge is -2.18. The number of halogens is 4. The summed E-state index contributed by atoms with van der Waals surface area (Å²) in [4.78, 5) is 1.09. The molecule has 6 heteroatoms. The summed E-state index contributed by atoms with van der Waals surface area (Å²) >= 11 is 10.6. The lowest BCUT2D eigenvalue weighted by molar-refractivity contribution is 0.504. The maximum absolute atomic E-state index is 14.0. The molecule has 1 nitrogen and oxygen atoms in total. The van der Waals surface area contributed by atoms with Crippen LogP contribution in [0.1, 0.15) is 23.4 Å². The fraction of sp³-hybridized carbons (Fsp3) is 0.286. The number of rotatable bonds is 5. The molecule has 0 amide bonds. The minimum atomic E-state index is -0.599. The second-order valence-electron chi connectivity index (χ2n) is 4.33. The Morgan fingerprint density at radius 1 is 1.30 bits per heavy atom. The SMILES string of the molecule is CCNC(Cc1cc(Br)cs1)c1cc(F)c(Cl)cc1F. The molecule has 1 heterocycles. The van der Waals surface area contributed by atoms with E-state index in [-0.39, 0.29) is 11.1 Å². The van der Waals surface area contributed by atoms with E-state index >= 15 is 0 Å². The van der Waals surface area contributed by atoms with Crippen LogP contribution < -0.4 is 5.32 Å². The van der Waals surface area contributed by atoms with Crippen molar-refractivity contribution in [3.63, 3.8) is 0 Å². The van der Waals surface area contributed by atoms with E-state index < -0.39 is 11.6 Å². The number of nitrogens with one attached hydrogen (secondary N) is 1. The van der Waals surface area contributed by atoms with Gasteiger partial charge in [-0.25, -0.2) is 8.78 Å². The van der Waals surface area contributed by atoms with E-state index in [1.807, 2.05) is 18.4 Å². The van der Waals surface area contributed by atoms with Crippen molar-refractivity contribution in [2.24, 2.45) is 0 Å². The predicted octanol–water partition coefficient (Wildman–Crippen LogP) is 5.34. The van der Waals surface area contributed by atoms with Crippen LogP contribution in [0, 0.1) is 11.6 Å². The van der Waals surface area contributed by atoms with Gasteiger partial charge in [0.05, 0.1) is 5.02 Å². The van der Waals surface area contributed by atoms with Crippen LogP contribution in [0.25, 0.3) is 0 Å². The Bertz CT molecular complexity index is 603. The lowest BCUT2D eigenvalue weighted by Crippen LogP contribution is -2.23. The average molecular weight is 381 g/mol. The lowest BCUT2D eigenvalue weighted by atomic mass is 10.0. The second-order valence-corrected chi connectivity index (χ2v) is 6.65. The highest BCUT2D eigenvalue weighted by atomic mass is 79.9. The summed E-state index contributed by atoms with van der Waals surface area (Å²) in [7, 11) is 0. The number of benzene rings is 1. The predicted molar refractivity (Wildman–Crippen MR) is 83.5 cm³/mol. The summed E-state index contributed by atoms with van der Waals surface area (Å²) < 4.78 is 28.6. The third kappa shape index (κ3) is 3.79. The summed E-state index contributed by atoms with van der Waals surface area (Å²) in [6.07, 6.45) is 0.599. The zero-order valence-corrected chi connectivity index (χ0v) is 13.9. The average Bonchev–Trinajstić information content (AvgIpc) is 2.79. The molecule has 1 unspecified atom stereocenters. The number of hydrogen-bond donors (Lipinski definition) is 1. The topological polar surface area (TPSA) is 12.0 Å². The van der Waals surface area contributed by atoms with Crippen LogP contribution in [-0.2, 0) is 6.42 Å². The van der Waals surface area contributed by atoms with Gasteiger partial charge >= 0.3 is 0 Å². The van der Waals surface area contributed by atoms with Crippen molar-refractivity contribution in [3.8, 4) is 0 Å². The van der Waals surface area contributed by atoms with Gasteiger partial charge in [-0.2, -0.15) is 0 Å². The monoisotopic (exact) mass is 379 g/mol. The highest BCUT2D eigenvalue weighted by Crippen LogP contribution is 2.29. The highest BCUT2D eigenvalue weighted by Gasteiger charge is 2.19. The van der Waals surface area contributed by atoms with E-state index in [0.717, 1.165) is 15.4 Å². The molecule has 1 atom stereocenters. The Morgan fingerprint density at radius 3 is 2.65 bits per heavy atom. The summed E-state index contributed by atoms with van der Waals surface area (Å²) in [6.45, 7) is 2.60. The molecule has 0 radical (unpaired) electrons. The van der Waals surface area contributed by atoms with E-state index in [4.69, 9.17) is 11.6 Å². The Hall–Kier alpha value is -0.490. The Labute approximate surface area is 134 Å². The number of likely N-dealkylation sites (N-methyl/N-ethyl adjacent to an activating group) is 1. The van der Waals surface area contributed by atoms with Crippen LogP contribution in [-0.4, -0.2) is 6.54 Å². The molecule has 2 aromatic rings. The van der Waals surface area contributed by atoms with Gasteiger partial charge in [-0.1, -0.05) is 18.5 Å². The fourth-order valence-corrected chi connectivity index (χ4v) is 3.65. The van der Waals surface area contributed by atoms with Gasteiger partial charge in [-0.3, -0.25) is 0 Å². The molecule has 0 saturated heterocycles. The Kier molecular flexibility index (Phi) is 5.55. The molecular formula is C14H13BrClF2NS. The third-order valence-electron chi connectivity index (χ3n) is 2.89. The van der Waals surface area contributed by atoms with Crippen LogP contribution in [0.4, 0.5) is 8.78 Å². The molecule has 2 rings (SSSR count). The molecule has 0 aliphatic rings. The fourth-order valence-electron chi connectivity index (χ4n) is 2.01. The van der Waals surface area contributed by atoms with E-state index in [2.05, 4.69) is 21.2 Å². The largest absolute Gasteiger partial charge is 0.310 e. The first-order valence-corrected chi connectivity index (χ1v) is 8.17. The normalized spacial score (nSPS) is 12.7. The van der Waals surface area contributed by atoms with Crippen LogP contribution in [0.3, 0.4) is 0 Å². The minimum absolute atomic E-state index is 0.194. The van der Waals surface area contributed by atoms with Crippen molar-refractivity contribution < 1.29 is 8.78 Å². The maximum atomic E-state index is 14.0. The van der Waals surface area contributed by atoms with Crippen molar-refractivity contribution in [1.82, 2.24) is 5.32 Å². The molecule has 108 valence electrons. The molecule has 0 spiro atoms. The van der Waals surface area contributed by atoms with E-state index in [1.54, 1.807) is 11.3 Å². The minimum Gasteiger partial charge on any atom is -0.310 e. The van der Waals surface area contributed by atoms with Gasteiger partial charge in [-0.15, -0.1) is 11.3 Å². The van der Waals surface area contributed by atoms with E-state index in [0.29, 0.717) is 18.5 Å². The van der Waals surface area contributed by atoms with Crippen molar-refractivity contribution in [2.75, 3.05) is 6.54 Å². The van der Waals surface area contributed by atoms with Crippen molar-refractivity contribution >= 4 is 38.9 Å². The molecule has 0 aliphatic heterocycles. The van der Waals surface area contributed by atoms with Crippen LogP contribution >= 0.6 is 38.9 Å². The van der Waals surface area contributed by atoms with Crippen LogP contribution in [0.5, 0.6) is 0 Å². The van der Waals surface area contributed by atoms with Gasteiger partial charge in [0.1, 0.15) is 11.6 Å². The van der Waals surface area contributed by atoms with Gasteiger partial charge in [0.15, 0.2) is 0 Å². The molecule has 0 fully saturated rings. The second kappa shape index (κ2) is 6.98. The smallest absolute Gasteiger partial charge is 0.142 e. The Morgan fingerprint density at radius 2 is 2.05 bits per heavy atom. The standard InChI is InChI=1S/C14H13BrClF2NS/c1-2-19-14(4-9-3-8(15)7-20-9)10-5-13(18)11(16)6-12(10)17/h3,5-7,14,19H,2,4H2,1H3. The maximum Gasteiger partial charge on any atom is 0.142 e. The summed E-state index contributed by atoms with van der Waals surface area (Å²) in [6, 6.07) is 3.91. The van der Waals surface area contributed by atoms with Gasteiger partial charge in [0, 0.05) is 32.8 Å². The molecule has 1 aromatic heterocycles. The summed E-state index contributed by atoms with van der Waals surface area (Å²) in [5.74, 6) is -1.09. The molecule has 20 heavy (non-hydrogen) atoms. The third-order valence-corrected chi connectivity index (χ3v) is 4.90. The van der Waals surface area contributed by atoms with E-state index in [1.165, 1.54) is 6.07 Å². The highest BCUT2D eigenvalue weighted by molar-refractivity contribution is 9.10. The quantitative estimate of drug-likeness (QED) is 0.691. The van der Waals surface area contributed by atoms with Gasteiger partial charge < -0.3 is 5.32 Å². The van der Waals surface area contributed by atoms with Gasteiger partial charge in [0.25, 0.3) is 0 Å². The van der Waals surface area contributed by atoms with Gasteiger partial charge in [-0.05, 0) is 40.7 Å². The Balaban J connectivity index is 2.30. The first-order valence-electron chi connectivity index (χ1n) is 6.12. The molecule has 0 bridgehead atoms. The molecule has 1 aromatic carbocycles.